The molecule has 0 spiro atoms. The van der Waals surface area contributed by atoms with Gasteiger partial charge in [-0.15, -0.1) is 30.7 Å². The second-order valence-corrected chi connectivity index (χ2v) is 11.6. The highest BCUT2D eigenvalue weighted by molar-refractivity contribution is 5.85. The van der Waals surface area contributed by atoms with E-state index in [1.807, 2.05) is 11.8 Å². The Labute approximate surface area is 277 Å². The summed E-state index contributed by atoms with van der Waals surface area (Å²) in [7, 11) is 3.07. The maximum Gasteiger partial charge on any atom is 0.573 e. The van der Waals surface area contributed by atoms with Crippen LogP contribution in [0.5, 0.6) is 5.75 Å². The Morgan fingerprint density at radius 1 is 0.833 bits per heavy atom. The number of methoxy groups -OCH3 is 1. The molecule has 4 rings (SSSR count). The van der Waals surface area contributed by atoms with Crippen LogP contribution in [-0.4, -0.2) is 53.4 Å². The summed E-state index contributed by atoms with van der Waals surface area (Å²) < 4.78 is 131. The summed E-state index contributed by atoms with van der Waals surface area (Å²) in [4.78, 5) is 4.28. The van der Waals surface area contributed by atoms with Crippen LogP contribution >= 0.6 is 12.4 Å². The van der Waals surface area contributed by atoms with Gasteiger partial charge < -0.3 is 19.3 Å². The minimum atomic E-state index is -5.06. The molecule has 0 N–H and O–H groups in total. The van der Waals surface area contributed by atoms with Gasteiger partial charge in [0.1, 0.15) is 5.75 Å². The molecule has 3 aromatic rings. The number of alkyl halides is 9. The molecule has 1 aliphatic rings. The van der Waals surface area contributed by atoms with Crippen LogP contribution in [0.3, 0.4) is 0 Å². The highest BCUT2D eigenvalue weighted by Crippen LogP contribution is 2.38. The smallest absolute Gasteiger partial charge is 0.406 e. The van der Waals surface area contributed by atoms with Gasteiger partial charge in [-0.25, -0.2) is 0 Å². The van der Waals surface area contributed by atoms with E-state index in [9.17, 15) is 39.5 Å². The standard InChI is InChI=1S/C30H35F9N6O2.ClH/c1-4-44(15-19-5-7-20(8-6-19)18-46-3)26-14-25(47-30(37,38)39)10-9-22(26)17-45(27-40-42-43(2)41-27)16-21-11-23(28(31,32)33)13-24(12-21)29(34,35)36;/h9-14,19-20H,4-8,15-18H2,1-3H3;1H. The van der Waals surface area contributed by atoms with Crippen LogP contribution in [0.25, 0.3) is 0 Å². The fourth-order valence-corrected chi connectivity index (χ4v) is 5.83. The van der Waals surface area contributed by atoms with Gasteiger partial charge in [-0.3, -0.25) is 0 Å². The number of aryl methyl sites for hydroxylation is 1. The third kappa shape index (κ3) is 10.8. The van der Waals surface area contributed by atoms with Gasteiger partial charge in [0.15, 0.2) is 0 Å². The van der Waals surface area contributed by atoms with E-state index in [-0.39, 0.29) is 42.4 Å². The van der Waals surface area contributed by atoms with Gasteiger partial charge in [0.25, 0.3) is 5.95 Å². The van der Waals surface area contributed by atoms with Crippen molar-refractivity contribution in [3.8, 4) is 5.75 Å². The Balaban J connectivity index is 0.00000625. The van der Waals surface area contributed by atoms with E-state index in [0.717, 1.165) is 36.5 Å². The van der Waals surface area contributed by atoms with Crippen molar-refractivity contribution in [2.45, 2.75) is 64.4 Å². The number of ether oxygens (including phenoxy) is 2. The van der Waals surface area contributed by atoms with E-state index in [1.165, 1.54) is 24.1 Å². The lowest BCUT2D eigenvalue weighted by Crippen LogP contribution is -2.33. The molecule has 8 nitrogen and oxygen atoms in total. The predicted octanol–water partition coefficient (Wildman–Crippen LogP) is 8.05. The SMILES string of the molecule is CCN(CC1CCC(COC)CC1)c1cc(OC(F)(F)F)ccc1CN(Cc1cc(C(F)(F)F)cc(C(F)(F)F)c1)c1nnn(C)n1.Cl. The third-order valence-electron chi connectivity index (χ3n) is 8.02. The van der Waals surface area contributed by atoms with Gasteiger partial charge >= 0.3 is 18.7 Å². The highest BCUT2D eigenvalue weighted by atomic mass is 35.5. The fourth-order valence-electron chi connectivity index (χ4n) is 5.83. The second-order valence-electron chi connectivity index (χ2n) is 11.6. The number of hydrogen-bond acceptors (Lipinski definition) is 7. The molecule has 18 heteroatoms. The Hall–Kier alpha value is -3.47. The second kappa shape index (κ2) is 15.8. The molecule has 1 heterocycles. The predicted molar refractivity (Wildman–Crippen MR) is 161 cm³/mol. The Bertz CT molecular complexity index is 1440. The zero-order valence-corrected chi connectivity index (χ0v) is 27.1. The molecule has 268 valence electrons. The maximum absolute atomic E-state index is 13.6. The van der Waals surface area contributed by atoms with Gasteiger partial charge in [-0.05, 0) is 85.0 Å². The van der Waals surface area contributed by atoms with Crippen molar-refractivity contribution in [3.63, 3.8) is 0 Å². The van der Waals surface area contributed by atoms with E-state index < -0.39 is 42.1 Å². The number of nitrogens with zero attached hydrogens (tertiary/aromatic N) is 6. The topological polar surface area (TPSA) is 68.5 Å². The average molecular weight is 719 g/mol. The van der Waals surface area contributed by atoms with Gasteiger partial charge in [0.05, 0.1) is 18.2 Å². The Morgan fingerprint density at radius 2 is 1.44 bits per heavy atom. The molecule has 1 aliphatic carbocycles. The van der Waals surface area contributed by atoms with E-state index in [2.05, 4.69) is 20.1 Å². The van der Waals surface area contributed by atoms with E-state index >= 15 is 0 Å². The number of anilines is 2. The molecule has 48 heavy (non-hydrogen) atoms. The van der Waals surface area contributed by atoms with Crippen LogP contribution in [0.15, 0.2) is 36.4 Å². The fraction of sp³-hybridized carbons (Fsp3) is 0.567. The van der Waals surface area contributed by atoms with E-state index in [0.29, 0.717) is 49.0 Å². The average Bonchev–Trinajstić information content (AvgIpc) is 3.41. The van der Waals surface area contributed by atoms with Crippen molar-refractivity contribution in [2.24, 2.45) is 18.9 Å². The molecule has 1 aromatic heterocycles. The van der Waals surface area contributed by atoms with Crippen molar-refractivity contribution in [3.05, 3.63) is 58.7 Å². The van der Waals surface area contributed by atoms with Crippen LogP contribution in [0.2, 0.25) is 0 Å². The van der Waals surface area contributed by atoms with E-state index in [4.69, 9.17) is 4.74 Å². The summed E-state index contributed by atoms with van der Waals surface area (Å²) in [6, 6.07) is 4.97. The Kier molecular flexibility index (Phi) is 12.9. The number of hydrogen-bond donors (Lipinski definition) is 0. The van der Waals surface area contributed by atoms with Crippen LogP contribution in [0.1, 0.15) is 54.9 Å². The van der Waals surface area contributed by atoms with Gasteiger partial charge in [-0.2, -0.15) is 31.1 Å². The van der Waals surface area contributed by atoms with Crippen molar-refractivity contribution >= 4 is 24.0 Å². The Morgan fingerprint density at radius 3 is 1.94 bits per heavy atom. The molecule has 1 saturated carbocycles. The van der Waals surface area contributed by atoms with Gasteiger partial charge in [-0.1, -0.05) is 11.2 Å². The molecule has 0 radical (unpaired) electrons. The molecule has 2 aromatic carbocycles. The minimum absolute atomic E-state index is 0. The van der Waals surface area contributed by atoms with Crippen molar-refractivity contribution in [1.29, 1.82) is 0 Å². The van der Waals surface area contributed by atoms with Crippen LogP contribution in [0.4, 0.5) is 51.1 Å². The monoisotopic (exact) mass is 718 g/mol. The van der Waals surface area contributed by atoms with Crippen molar-refractivity contribution < 1.29 is 49.0 Å². The summed E-state index contributed by atoms with van der Waals surface area (Å²) in [5, 5.41) is 11.8. The van der Waals surface area contributed by atoms with E-state index in [1.54, 1.807) is 7.11 Å². The third-order valence-corrected chi connectivity index (χ3v) is 8.02. The van der Waals surface area contributed by atoms with Crippen LogP contribution in [0, 0.1) is 11.8 Å². The molecule has 0 aliphatic heterocycles. The van der Waals surface area contributed by atoms with Crippen LogP contribution < -0.4 is 14.5 Å². The summed E-state index contributed by atoms with van der Waals surface area (Å²) in [6.45, 7) is 2.68. The number of rotatable bonds is 12. The zero-order chi connectivity index (χ0) is 34.6. The summed E-state index contributed by atoms with van der Waals surface area (Å²) in [6.07, 6.45) is -11.5. The summed E-state index contributed by atoms with van der Waals surface area (Å²) in [5.41, 5.74) is -2.52. The molecule has 0 atom stereocenters. The zero-order valence-electron chi connectivity index (χ0n) is 26.3. The molecular weight excluding hydrogens is 683 g/mol. The molecular formula is C30H36ClF9N6O2. The molecule has 0 bridgehead atoms. The summed E-state index contributed by atoms with van der Waals surface area (Å²) >= 11 is 0. The number of tetrazole rings is 1. The lowest BCUT2D eigenvalue weighted by Gasteiger charge is -2.35. The number of benzene rings is 2. The van der Waals surface area contributed by atoms with Crippen LogP contribution in [-0.2, 0) is 37.2 Å². The molecule has 0 amide bonds. The molecule has 0 saturated heterocycles. The number of halogens is 10. The largest absolute Gasteiger partial charge is 0.573 e. The normalized spacial score (nSPS) is 17.2. The lowest BCUT2D eigenvalue weighted by molar-refractivity contribution is -0.274. The first-order valence-electron chi connectivity index (χ1n) is 14.8. The molecule has 0 unspecified atom stereocenters. The first kappa shape index (κ1) is 39.0. The van der Waals surface area contributed by atoms with Gasteiger partial charge in [0.2, 0.25) is 0 Å². The highest BCUT2D eigenvalue weighted by Gasteiger charge is 2.37. The first-order valence-corrected chi connectivity index (χ1v) is 14.8. The van der Waals surface area contributed by atoms with Crippen molar-refractivity contribution in [1.82, 2.24) is 20.2 Å². The molecule has 1 fully saturated rings. The number of aromatic nitrogens is 4. The first-order chi connectivity index (χ1) is 21.9. The lowest BCUT2D eigenvalue weighted by atomic mass is 9.82. The van der Waals surface area contributed by atoms with Crippen molar-refractivity contribution in [2.75, 3.05) is 36.6 Å². The minimum Gasteiger partial charge on any atom is -0.406 e. The van der Waals surface area contributed by atoms with Gasteiger partial charge in [0, 0.05) is 51.6 Å². The quantitative estimate of drug-likeness (QED) is 0.176. The maximum atomic E-state index is 13.6. The summed E-state index contributed by atoms with van der Waals surface area (Å²) in [5.74, 6) is 0.0637.